The molecular formula is C13H20N2O2. The quantitative estimate of drug-likeness (QED) is 0.731. The molecule has 0 spiro atoms. The third-order valence-electron chi connectivity index (χ3n) is 2.64. The average molecular weight is 236 g/mol. The van der Waals surface area contributed by atoms with Crippen molar-refractivity contribution in [1.29, 1.82) is 0 Å². The molecule has 0 saturated carbocycles. The van der Waals surface area contributed by atoms with Gasteiger partial charge < -0.3 is 9.47 Å². The topological polar surface area (TPSA) is 42.3 Å². The number of rotatable bonds is 5. The van der Waals surface area contributed by atoms with Gasteiger partial charge in [-0.05, 0) is 12.5 Å². The van der Waals surface area contributed by atoms with Gasteiger partial charge in [0.2, 0.25) is 0 Å². The van der Waals surface area contributed by atoms with Gasteiger partial charge in [-0.3, -0.25) is 9.59 Å². The van der Waals surface area contributed by atoms with Gasteiger partial charge in [-0.1, -0.05) is 19.8 Å². The van der Waals surface area contributed by atoms with E-state index in [2.05, 4.69) is 6.92 Å². The number of nitrogens with zero attached hydrogens (tertiary/aromatic N) is 2. The van der Waals surface area contributed by atoms with Crippen LogP contribution in [0.1, 0.15) is 36.5 Å². The Morgan fingerprint density at radius 2 is 2.00 bits per heavy atom. The number of hydrogen-bond acceptors (Lipinski definition) is 2. The highest BCUT2D eigenvalue weighted by atomic mass is 16.2. The maximum atomic E-state index is 11.7. The molecule has 1 amide bonds. The lowest BCUT2D eigenvalue weighted by atomic mass is 10.2. The Labute approximate surface area is 102 Å². The summed E-state index contributed by atoms with van der Waals surface area (Å²) in [5, 5.41) is 0. The SMILES string of the molecule is CCCCCn1cc(C(=O)N(C)C)ccc1=O. The molecule has 94 valence electrons. The van der Waals surface area contributed by atoms with Crippen LogP contribution >= 0.6 is 0 Å². The third-order valence-corrected chi connectivity index (χ3v) is 2.64. The normalized spacial score (nSPS) is 10.3. The second-order valence-electron chi connectivity index (χ2n) is 4.36. The Kier molecular flexibility index (Phi) is 4.94. The van der Waals surface area contributed by atoms with Gasteiger partial charge in [0.1, 0.15) is 0 Å². The Morgan fingerprint density at radius 3 is 2.59 bits per heavy atom. The van der Waals surface area contributed by atoms with E-state index in [0.717, 1.165) is 19.3 Å². The summed E-state index contributed by atoms with van der Waals surface area (Å²) < 4.78 is 1.62. The highest BCUT2D eigenvalue weighted by Crippen LogP contribution is 2.02. The van der Waals surface area contributed by atoms with Crippen molar-refractivity contribution in [1.82, 2.24) is 9.47 Å². The van der Waals surface area contributed by atoms with Crippen LogP contribution in [0.25, 0.3) is 0 Å². The number of unbranched alkanes of at least 4 members (excludes halogenated alkanes) is 2. The molecule has 0 aliphatic carbocycles. The van der Waals surface area contributed by atoms with E-state index in [1.165, 1.54) is 11.0 Å². The van der Waals surface area contributed by atoms with Crippen molar-refractivity contribution in [2.45, 2.75) is 32.7 Å². The molecule has 1 rings (SSSR count). The minimum absolute atomic E-state index is 0.0450. The largest absolute Gasteiger partial charge is 0.345 e. The molecule has 4 nitrogen and oxygen atoms in total. The van der Waals surface area contributed by atoms with E-state index in [0.29, 0.717) is 12.1 Å². The summed E-state index contributed by atoms with van der Waals surface area (Å²) in [4.78, 5) is 24.9. The fourth-order valence-electron chi connectivity index (χ4n) is 1.62. The first-order chi connectivity index (χ1) is 8.06. The number of carbonyl (C=O) groups excluding carboxylic acids is 1. The van der Waals surface area contributed by atoms with Crippen molar-refractivity contribution < 1.29 is 4.79 Å². The summed E-state index contributed by atoms with van der Waals surface area (Å²) in [6.07, 6.45) is 4.83. The van der Waals surface area contributed by atoms with Crippen molar-refractivity contribution in [3.63, 3.8) is 0 Å². The maximum Gasteiger partial charge on any atom is 0.254 e. The summed E-state index contributed by atoms with van der Waals surface area (Å²) in [5.41, 5.74) is 0.516. The molecule has 0 aliphatic heterocycles. The first-order valence-electron chi connectivity index (χ1n) is 5.98. The summed E-state index contributed by atoms with van der Waals surface area (Å²) >= 11 is 0. The second-order valence-corrected chi connectivity index (χ2v) is 4.36. The van der Waals surface area contributed by atoms with Crippen molar-refractivity contribution in [3.05, 3.63) is 34.2 Å². The summed E-state index contributed by atoms with van der Waals surface area (Å²) in [6.45, 7) is 2.80. The van der Waals surface area contributed by atoms with Crippen LogP contribution in [0.15, 0.2) is 23.1 Å². The third kappa shape index (κ3) is 3.73. The van der Waals surface area contributed by atoms with Crippen molar-refractivity contribution in [2.24, 2.45) is 0 Å². The van der Waals surface area contributed by atoms with Crippen LogP contribution in [0.5, 0.6) is 0 Å². The average Bonchev–Trinajstić information content (AvgIpc) is 2.30. The van der Waals surface area contributed by atoms with Gasteiger partial charge >= 0.3 is 0 Å². The van der Waals surface area contributed by atoms with Crippen LogP contribution in [0.3, 0.4) is 0 Å². The van der Waals surface area contributed by atoms with Crippen LogP contribution in [0.4, 0.5) is 0 Å². The summed E-state index contributed by atoms with van der Waals surface area (Å²) in [7, 11) is 3.41. The number of aryl methyl sites for hydroxylation is 1. The fourth-order valence-corrected chi connectivity index (χ4v) is 1.62. The summed E-state index contributed by atoms with van der Waals surface area (Å²) in [6, 6.07) is 3.05. The van der Waals surface area contributed by atoms with E-state index in [4.69, 9.17) is 0 Å². The molecule has 0 aliphatic rings. The Hall–Kier alpha value is -1.58. The van der Waals surface area contributed by atoms with Gasteiger partial charge in [-0.25, -0.2) is 0 Å². The highest BCUT2D eigenvalue weighted by molar-refractivity contribution is 5.93. The number of aromatic nitrogens is 1. The zero-order chi connectivity index (χ0) is 12.8. The molecule has 0 atom stereocenters. The molecule has 1 aromatic heterocycles. The van der Waals surface area contributed by atoms with Gasteiger partial charge in [0.25, 0.3) is 11.5 Å². The Balaban J connectivity index is 2.87. The minimum atomic E-state index is -0.0748. The zero-order valence-corrected chi connectivity index (χ0v) is 10.8. The molecular weight excluding hydrogens is 216 g/mol. The lowest BCUT2D eigenvalue weighted by Crippen LogP contribution is -2.25. The Bertz CT molecular complexity index is 435. The van der Waals surface area contributed by atoms with Crippen LogP contribution in [-0.2, 0) is 6.54 Å². The predicted octanol–water partition coefficient (Wildman–Crippen LogP) is 1.74. The minimum Gasteiger partial charge on any atom is -0.345 e. The molecule has 17 heavy (non-hydrogen) atoms. The van der Waals surface area contributed by atoms with Gasteiger partial charge in [-0.2, -0.15) is 0 Å². The first-order valence-corrected chi connectivity index (χ1v) is 5.98. The molecule has 0 saturated heterocycles. The smallest absolute Gasteiger partial charge is 0.254 e. The van der Waals surface area contributed by atoms with Gasteiger partial charge in [0.05, 0.1) is 5.56 Å². The van der Waals surface area contributed by atoms with Gasteiger partial charge in [0, 0.05) is 32.9 Å². The van der Waals surface area contributed by atoms with E-state index in [9.17, 15) is 9.59 Å². The van der Waals surface area contributed by atoms with E-state index in [-0.39, 0.29) is 11.5 Å². The first kappa shape index (κ1) is 13.5. The van der Waals surface area contributed by atoms with Crippen molar-refractivity contribution in [3.8, 4) is 0 Å². The van der Waals surface area contributed by atoms with E-state index in [1.807, 2.05) is 0 Å². The van der Waals surface area contributed by atoms with Gasteiger partial charge in [-0.15, -0.1) is 0 Å². The molecule has 0 bridgehead atoms. The number of amides is 1. The second kappa shape index (κ2) is 6.23. The zero-order valence-electron chi connectivity index (χ0n) is 10.8. The predicted molar refractivity (Wildman–Crippen MR) is 68.2 cm³/mol. The molecule has 0 aromatic carbocycles. The Morgan fingerprint density at radius 1 is 1.29 bits per heavy atom. The van der Waals surface area contributed by atoms with Crippen LogP contribution < -0.4 is 5.56 Å². The van der Waals surface area contributed by atoms with Crippen LogP contribution in [0.2, 0.25) is 0 Å². The van der Waals surface area contributed by atoms with E-state index < -0.39 is 0 Å². The standard InChI is InChI=1S/C13H20N2O2/c1-4-5-6-9-15-10-11(7-8-12(15)16)13(17)14(2)3/h7-8,10H,4-6,9H2,1-3H3. The summed E-state index contributed by atoms with van der Waals surface area (Å²) in [5.74, 6) is -0.0748. The molecule has 0 fully saturated rings. The highest BCUT2D eigenvalue weighted by Gasteiger charge is 2.09. The molecule has 1 aromatic rings. The molecule has 0 unspecified atom stereocenters. The van der Waals surface area contributed by atoms with Crippen LogP contribution in [0, 0.1) is 0 Å². The number of pyridine rings is 1. The van der Waals surface area contributed by atoms with Crippen molar-refractivity contribution in [2.75, 3.05) is 14.1 Å². The van der Waals surface area contributed by atoms with Crippen molar-refractivity contribution >= 4 is 5.91 Å². The number of carbonyl (C=O) groups is 1. The van der Waals surface area contributed by atoms with E-state index >= 15 is 0 Å². The maximum absolute atomic E-state index is 11.7. The van der Waals surface area contributed by atoms with Crippen LogP contribution in [-0.4, -0.2) is 29.5 Å². The molecule has 1 heterocycles. The molecule has 0 N–H and O–H groups in total. The van der Waals surface area contributed by atoms with Gasteiger partial charge in [0.15, 0.2) is 0 Å². The fraction of sp³-hybridized carbons (Fsp3) is 0.538. The lowest BCUT2D eigenvalue weighted by Gasteiger charge is -2.12. The monoisotopic (exact) mass is 236 g/mol. The molecule has 0 radical (unpaired) electrons. The lowest BCUT2D eigenvalue weighted by molar-refractivity contribution is 0.0826. The molecule has 4 heteroatoms. The van der Waals surface area contributed by atoms with E-state index in [1.54, 1.807) is 30.9 Å². The number of hydrogen-bond donors (Lipinski definition) is 0.